The fourth-order valence-electron chi connectivity index (χ4n) is 1.49. The van der Waals surface area contributed by atoms with Gasteiger partial charge in [-0.25, -0.2) is 22.8 Å². The third kappa shape index (κ3) is 1.98. The van der Waals surface area contributed by atoms with Gasteiger partial charge in [-0.2, -0.15) is 0 Å². The number of nitrogens with one attached hydrogen (secondary N) is 1. The van der Waals surface area contributed by atoms with Crippen molar-refractivity contribution in [3.63, 3.8) is 0 Å². The SMILES string of the molecule is O=S(=O)(c1ncc(F)cn1)[C@H]1CCNC1. The van der Waals surface area contributed by atoms with Crippen LogP contribution in [-0.2, 0) is 9.84 Å². The second kappa shape index (κ2) is 3.82. The number of rotatable bonds is 2. The van der Waals surface area contributed by atoms with Gasteiger partial charge in [0.1, 0.15) is 0 Å². The van der Waals surface area contributed by atoms with E-state index >= 15 is 0 Å². The summed E-state index contributed by atoms with van der Waals surface area (Å²) in [5.74, 6) is -0.640. The summed E-state index contributed by atoms with van der Waals surface area (Å²) in [5, 5.41) is 2.16. The standard InChI is InChI=1S/C8H10FN3O2S/c9-6-3-11-8(12-4-6)15(13,14)7-1-2-10-5-7/h3-4,7,10H,1-2,5H2/t7-/m0/s1. The molecule has 0 amide bonds. The molecule has 2 rings (SSSR count). The molecule has 15 heavy (non-hydrogen) atoms. The Morgan fingerprint density at radius 3 is 2.60 bits per heavy atom. The van der Waals surface area contributed by atoms with E-state index in [2.05, 4.69) is 15.3 Å². The molecule has 0 spiro atoms. The number of aromatic nitrogens is 2. The van der Waals surface area contributed by atoms with E-state index in [1.807, 2.05) is 0 Å². The minimum absolute atomic E-state index is 0.294. The molecule has 1 saturated heterocycles. The van der Waals surface area contributed by atoms with E-state index in [4.69, 9.17) is 0 Å². The zero-order chi connectivity index (χ0) is 10.9. The molecule has 1 N–H and O–H groups in total. The molecular formula is C8H10FN3O2S. The second-order valence-electron chi connectivity index (χ2n) is 3.34. The summed E-state index contributed by atoms with van der Waals surface area (Å²) >= 11 is 0. The lowest BCUT2D eigenvalue weighted by atomic mass is 10.4. The second-order valence-corrected chi connectivity index (χ2v) is 5.47. The lowest BCUT2D eigenvalue weighted by molar-refractivity contribution is 0.565. The number of nitrogens with zero attached hydrogens (tertiary/aromatic N) is 2. The average molecular weight is 231 g/mol. The van der Waals surface area contributed by atoms with Gasteiger partial charge in [-0.1, -0.05) is 0 Å². The maximum Gasteiger partial charge on any atom is 0.247 e. The van der Waals surface area contributed by atoms with Crippen LogP contribution in [0.2, 0.25) is 0 Å². The molecular weight excluding hydrogens is 221 g/mol. The zero-order valence-corrected chi connectivity index (χ0v) is 8.67. The fraction of sp³-hybridized carbons (Fsp3) is 0.500. The molecule has 1 aliphatic rings. The zero-order valence-electron chi connectivity index (χ0n) is 7.85. The van der Waals surface area contributed by atoms with Crippen molar-refractivity contribution in [3.8, 4) is 0 Å². The van der Waals surface area contributed by atoms with Gasteiger partial charge in [0, 0.05) is 6.54 Å². The highest BCUT2D eigenvalue weighted by atomic mass is 32.2. The van der Waals surface area contributed by atoms with Crippen LogP contribution in [0.4, 0.5) is 4.39 Å². The topological polar surface area (TPSA) is 72.0 Å². The van der Waals surface area contributed by atoms with Gasteiger partial charge in [-0.15, -0.1) is 0 Å². The van der Waals surface area contributed by atoms with E-state index in [1.165, 1.54) is 0 Å². The van der Waals surface area contributed by atoms with Crippen LogP contribution >= 0.6 is 0 Å². The van der Waals surface area contributed by atoms with E-state index < -0.39 is 20.9 Å². The molecule has 1 fully saturated rings. The molecule has 0 aromatic carbocycles. The van der Waals surface area contributed by atoms with Crippen molar-refractivity contribution < 1.29 is 12.8 Å². The Bertz CT molecular complexity index is 439. The van der Waals surface area contributed by atoms with Crippen molar-refractivity contribution in [1.29, 1.82) is 0 Å². The molecule has 1 aliphatic heterocycles. The van der Waals surface area contributed by atoms with Crippen molar-refractivity contribution in [3.05, 3.63) is 18.2 Å². The fourth-order valence-corrected chi connectivity index (χ4v) is 2.95. The average Bonchev–Trinajstić information content (AvgIpc) is 2.71. The lowest BCUT2D eigenvalue weighted by Gasteiger charge is -2.07. The number of halogens is 1. The van der Waals surface area contributed by atoms with Crippen molar-refractivity contribution in [2.24, 2.45) is 0 Å². The van der Waals surface area contributed by atoms with Gasteiger partial charge in [0.15, 0.2) is 5.82 Å². The molecule has 0 radical (unpaired) electrons. The Morgan fingerprint density at radius 2 is 2.07 bits per heavy atom. The van der Waals surface area contributed by atoms with Gasteiger partial charge >= 0.3 is 0 Å². The van der Waals surface area contributed by atoms with Crippen molar-refractivity contribution in [2.75, 3.05) is 13.1 Å². The van der Waals surface area contributed by atoms with Crippen LogP contribution in [0.25, 0.3) is 0 Å². The Morgan fingerprint density at radius 1 is 1.40 bits per heavy atom. The van der Waals surface area contributed by atoms with E-state index in [9.17, 15) is 12.8 Å². The molecule has 0 aliphatic carbocycles. The van der Waals surface area contributed by atoms with Crippen molar-refractivity contribution >= 4 is 9.84 Å². The van der Waals surface area contributed by atoms with Gasteiger partial charge in [0.2, 0.25) is 15.0 Å². The van der Waals surface area contributed by atoms with Crippen LogP contribution in [0.5, 0.6) is 0 Å². The Labute approximate surface area is 86.7 Å². The summed E-state index contributed by atoms with van der Waals surface area (Å²) in [4.78, 5) is 6.99. The molecule has 1 aromatic rings. The minimum atomic E-state index is -3.51. The minimum Gasteiger partial charge on any atom is -0.315 e. The maximum absolute atomic E-state index is 12.5. The molecule has 1 atom stereocenters. The highest BCUT2D eigenvalue weighted by molar-refractivity contribution is 7.91. The van der Waals surface area contributed by atoms with Gasteiger partial charge < -0.3 is 5.32 Å². The third-order valence-corrected chi connectivity index (χ3v) is 4.30. The van der Waals surface area contributed by atoms with Gasteiger partial charge in [0.05, 0.1) is 17.6 Å². The third-order valence-electron chi connectivity index (χ3n) is 2.31. The summed E-state index contributed by atoms with van der Waals surface area (Å²) in [7, 11) is -3.51. The first-order valence-corrected chi connectivity index (χ1v) is 6.07. The van der Waals surface area contributed by atoms with E-state index in [0.717, 1.165) is 12.4 Å². The van der Waals surface area contributed by atoms with E-state index in [-0.39, 0.29) is 5.16 Å². The van der Waals surface area contributed by atoms with Crippen molar-refractivity contribution in [1.82, 2.24) is 15.3 Å². The monoisotopic (exact) mass is 231 g/mol. The number of sulfone groups is 1. The van der Waals surface area contributed by atoms with Crippen LogP contribution in [0, 0.1) is 5.82 Å². The summed E-state index contributed by atoms with van der Waals surface area (Å²) in [6.07, 6.45) is 2.27. The summed E-state index contributed by atoms with van der Waals surface area (Å²) in [6, 6.07) is 0. The number of hydrogen-bond acceptors (Lipinski definition) is 5. The van der Waals surface area contributed by atoms with Crippen LogP contribution < -0.4 is 5.32 Å². The largest absolute Gasteiger partial charge is 0.315 e. The summed E-state index contributed by atoms with van der Waals surface area (Å²) in [6.45, 7) is 1.08. The molecule has 7 heteroatoms. The maximum atomic E-state index is 12.5. The molecule has 1 aromatic heterocycles. The first kappa shape index (κ1) is 10.4. The molecule has 5 nitrogen and oxygen atoms in total. The number of hydrogen-bond donors (Lipinski definition) is 1. The van der Waals surface area contributed by atoms with Gasteiger partial charge in [-0.3, -0.25) is 0 Å². The van der Waals surface area contributed by atoms with Crippen LogP contribution in [-0.4, -0.2) is 36.7 Å². The summed E-state index contributed by atoms with van der Waals surface area (Å²) in [5.41, 5.74) is 0. The Hall–Kier alpha value is -1.08. The smallest absolute Gasteiger partial charge is 0.247 e. The predicted octanol–water partition coefficient (Wildman–Crippen LogP) is -0.249. The molecule has 0 unspecified atom stereocenters. The first-order valence-electron chi connectivity index (χ1n) is 4.53. The van der Waals surface area contributed by atoms with Gasteiger partial charge in [0.25, 0.3) is 0 Å². The molecule has 2 heterocycles. The Balaban J connectivity index is 2.32. The Kier molecular flexibility index (Phi) is 2.66. The molecule has 0 bridgehead atoms. The summed E-state index contributed by atoms with van der Waals surface area (Å²) < 4.78 is 36.2. The van der Waals surface area contributed by atoms with Gasteiger partial charge in [-0.05, 0) is 13.0 Å². The lowest BCUT2D eigenvalue weighted by Crippen LogP contribution is -2.25. The van der Waals surface area contributed by atoms with Crippen molar-refractivity contribution in [2.45, 2.75) is 16.8 Å². The predicted molar refractivity (Wildman–Crippen MR) is 50.5 cm³/mol. The van der Waals surface area contributed by atoms with E-state index in [1.54, 1.807) is 0 Å². The quantitative estimate of drug-likeness (QED) is 0.711. The normalized spacial score (nSPS) is 21.8. The van der Waals surface area contributed by atoms with Crippen LogP contribution in [0.3, 0.4) is 0 Å². The molecule has 0 saturated carbocycles. The highest BCUT2D eigenvalue weighted by Gasteiger charge is 2.32. The molecule has 82 valence electrons. The van der Waals surface area contributed by atoms with E-state index in [0.29, 0.717) is 19.5 Å². The van der Waals surface area contributed by atoms with Crippen LogP contribution in [0.15, 0.2) is 17.6 Å². The first-order chi connectivity index (χ1) is 7.10. The van der Waals surface area contributed by atoms with Crippen LogP contribution in [0.1, 0.15) is 6.42 Å². The highest BCUT2D eigenvalue weighted by Crippen LogP contribution is 2.16.